The second kappa shape index (κ2) is 12.5. The zero-order valence-electron chi connectivity index (χ0n) is 21.4. The smallest absolute Gasteiger partial charge is 0.296 e. The van der Waals surface area contributed by atoms with E-state index in [0.717, 1.165) is 11.1 Å². The third kappa shape index (κ3) is 6.12. The lowest BCUT2D eigenvalue weighted by molar-refractivity contribution is -0.117. The Balaban J connectivity index is 1.45. The maximum Gasteiger partial charge on any atom is 0.296 e. The van der Waals surface area contributed by atoms with E-state index >= 15 is 0 Å². The van der Waals surface area contributed by atoms with Crippen LogP contribution in [0.1, 0.15) is 29.7 Å². The van der Waals surface area contributed by atoms with Crippen LogP contribution >= 0.6 is 34.7 Å². The van der Waals surface area contributed by atoms with Crippen LogP contribution in [0.4, 0.5) is 5.13 Å². The first kappa shape index (κ1) is 27.6. The average Bonchev–Trinajstić information content (AvgIpc) is 3.54. The molecule has 1 aliphatic rings. The topological polar surface area (TPSA) is 92.6 Å². The predicted molar refractivity (Wildman–Crippen MR) is 159 cm³/mol. The monoisotopic (exact) mass is 589 g/mol. The lowest BCUT2D eigenvalue weighted by Crippen LogP contribution is -2.30. The van der Waals surface area contributed by atoms with Gasteiger partial charge in [-0.1, -0.05) is 95.4 Å². The first-order valence-corrected chi connectivity index (χ1v) is 14.6. The third-order valence-corrected chi connectivity index (χ3v) is 8.46. The Labute approximate surface area is 244 Å². The van der Waals surface area contributed by atoms with Crippen LogP contribution in [0.3, 0.4) is 0 Å². The number of hydrogen-bond acceptors (Lipinski definition) is 8. The van der Waals surface area contributed by atoms with Gasteiger partial charge in [-0.25, -0.2) is 0 Å². The number of carbonyl (C=O) groups is 2. The SMILES string of the molecule is CCOc1ccc(C2C(C(=O)C=Cc3ccccc3)=C(O)C(=O)N2c2nnc(SCc3ccc(Cl)cc3)s2)cc1. The number of carbonyl (C=O) groups excluding carboxylic acids is 2. The zero-order valence-corrected chi connectivity index (χ0v) is 23.7. The van der Waals surface area contributed by atoms with E-state index in [1.807, 2.05) is 61.5 Å². The van der Waals surface area contributed by atoms with E-state index in [1.165, 1.54) is 34.1 Å². The van der Waals surface area contributed by atoms with Crippen molar-refractivity contribution in [3.63, 3.8) is 0 Å². The highest BCUT2D eigenvalue weighted by atomic mass is 35.5. The number of amides is 1. The molecule has 10 heteroatoms. The van der Waals surface area contributed by atoms with Gasteiger partial charge >= 0.3 is 0 Å². The van der Waals surface area contributed by atoms with Crippen LogP contribution in [0.15, 0.2) is 101 Å². The van der Waals surface area contributed by atoms with Crippen LogP contribution in [0, 0.1) is 0 Å². The molecule has 1 amide bonds. The van der Waals surface area contributed by atoms with Crippen molar-refractivity contribution in [2.45, 2.75) is 23.1 Å². The van der Waals surface area contributed by atoms with Gasteiger partial charge in [0.15, 0.2) is 15.9 Å². The molecule has 40 heavy (non-hydrogen) atoms. The number of rotatable bonds is 10. The van der Waals surface area contributed by atoms with Crippen molar-refractivity contribution in [2.24, 2.45) is 0 Å². The summed E-state index contributed by atoms with van der Waals surface area (Å²) in [4.78, 5) is 28.2. The number of hydrogen-bond donors (Lipinski definition) is 1. The fourth-order valence-corrected chi connectivity index (χ4v) is 6.14. The molecule has 0 saturated heterocycles. The molecule has 1 atom stereocenters. The Bertz CT molecular complexity index is 1570. The van der Waals surface area contributed by atoms with Gasteiger partial charge in [0.05, 0.1) is 18.2 Å². The van der Waals surface area contributed by atoms with Crippen LogP contribution in [-0.2, 0) is 15.3 Å². The Morgan fingerprint density at radius 2 is 1.80 bits per heavy atom. The van der Waals surface area contributed by atoms with Gasteiger partial charge in [-0.15, -0.1) is 10.2 Å². The lowest BCUT2D eigenvalue weighted by Gasteiger charge is -2.24. The minimum absolute atomic E-state index is 0.0214. The molecule has 1 unspecified atom stereocenters. The molecule has 3 aromatic carbocycles. The summed E-state index contributed by atoms with van der Waals surface area (Å²) in [7, 11) is 0. The molecule has 7 nitrogen and oxygen atoms in total. The van der Waals surface area contributed by atoms with Crippen LogP contribution < -0.4 is 9.64 Å². The average molecular weight is 590 g/mol. The standard InChI is InChI=1S/C30H24ClN3O4S2/c1-2-38-23-15-11-21(12-16-23)26-25(24(35)17-10-19-6-4-3-5-7-19)27(36)28(37)34(26)29-32-33-30(40-29)39-18-20-8-13-22(31)14-9-20/h3-17,26,36H,2,18H2,1H3. The number of thioether (sulfide) groups is 1. The van der Waals surface area contributed by atoms with Gasteiger partial charge in [-0.3, -0.25) is 14.5 Å². The van der Waals surface area contributed by atoms with E-state index in [2.05, 4.69) is 10.2 Å². The second-order valence-electron chi connectivity index (χ2n) is 8.72. The van der Waals surface area contributed by atoms with Crippen LogP contribution in [0.25, 0.3) is 6.08 Å². The third-order valence-electron chi connectivity index (χ3n) is 6.08. The van der Waals surface area contributed by atoms with Crippen LogP contribution in [-0.4, -0.2) is 33.6 Å². The molecule has 1 aliphatic heterocycles. The maximum absolute atomic E-state index is 13.4. The first-order chi connectivity index (χ1) is 19.4. The highest BCUT2D eigenvalue weighted by molar-refractivity contribution is 8.00. The summed E-state index contributed by atoms with van der Waals surface area (Å²) < 4.78 is 6.21. The predicted octanol–water partition coefficient (Wildman–Crippen LogP) is 7.07. The number of aliphatic hydroxyl groups excluding tert-OH is 1. The van der Waals surface area contributed by atoms with Crippen molar-refractivity contribution in [3.8, 4) is 5.75 Å². The number of anilines is 1. The van der Waals surface area contributed by atoms with Crippen LogP contribution in [0.5, 0.6) is 5.75 Å². The number of nitrogens with zero attached hydrogens (tertiary/aromatic N) is 3. The number of allylic oxidation sites excluding steroid dienone is 1. The molecule has 5 rings (SSSR count). The molecule has 4 aromatic rings. The highest BCUT2D eigenvalue weighted by Crippen LogP contribution is 2.43. The van der Waals surface area contributed by atoms with Gasteiger partial charge < -0.3 is 9.84 Å². The number of ether oxygens (including phenoxy) is 1. The summed E-state index contributed by atoms with van der Waals surface area (Å²) in [5.74, 6) is -0.491. The van der Waals surface area contributed by atoms with Crippen LogP contribution in [0.2, 0.25) is 5.02 Å². The van der Waals surface area contributed by atoms with E-state index in [-0.39, 0.29) is 10.7 Å². The second-order valence-corrected chi connectivity index (χ2v) is 11.3. The van der Waals surface area contributed by atoms with Crippen molar-refractivity contribution < 1.29 is 19.4 Å². The van der Waals surface area contributed by atoms with Crippen molar-refractivity contribution in [2.75, 3.05) is 11.5 Å². The summed E-state index contributed by atoms with van der Waals surface area (Å²) in [6.07, 6.45) is 3.02. The number of benzene rings is 3. The van der Waals surface area contributed by atoms with Gasteiger partial charge in [0.2, 0.25) is 5.13 Å². The highest BCUT2D eigenvalue weighted by Gasteiger charge is 2.45. The largest absolute Gasteiger partial charge is 0.503 e. The van der Waals surface area contributed by atoms with E-state index in [1.54, 1.807) is 30.3 Å². The fourth-order valence-electron chi connectivity index (χ4n) is 4.19. The molecule has 202 valence electrons. The molecule has 0 radical (unpaired) electrons. The number of ketones is 1. The summed E-state index contributed by atoms with van der Waals surface area (Å²) in [5.41, 5.74) is 2.49. The number of halogens is 1. The van der Waals surface area contributed by atoms with Gasteiger partial charge in [0.1, 0.15) is 5.75 Å². The summed E-state index contributed by atoms with van der Waals surface area (Å²) >= 11 is 8.67. The van der Waals surface area contributed by atoms with E-state index in [0.29, 0.717) is 33.0 Å². The quantitative estimate of drug-likeness (QED) is 0.120. The molecule has 0 fully saturated rings. The van der Waals surface area contributed by atoms with Crippen molar-refractivity contribution in [1.29, 1.82) is 0 Å². The lowest BCUT2D eigenvalue weighted by atomic mass is 9.95. The molecule has 0 spiro atoms. The van der Waals surface area contributed by atoms with Gasteiger partial charge in [-0.05, 0) is 54.0 Å². The fraction of sp³-hybridized carbons (Fsp3) is 0.133. The Morgan fingerprint density at radius 3 is 2.50 bits per heavy atom. The summed E-state index contributed by atoms with van der Waals surface area (Å²) in [6, 6.07) is 23.1. The number of aromatic nitrogens is 2. The molecule has 0 bridgehead atoms. The molecular weight excluding hydrogens is 566 g/mol. The summed E-state index contributed by atoms with van der Waals surface area (Å²) in [5, 5.41) is 20.4. The Kier molecular flexibility index (Phi) is 8.64. The summed E-state index contributed by atoms with van der Waals surface area (Å²) in [6.45, 7) is 2.39. The van der Waals surface area contributed by atoms with Crippen molar-refractivity contribution in [3.05, 3.63) is 118 Å². The van der Waals surface area contributed by atoms with Gasteiger partial charge in [0, 0.05) is 10.8 Å². The van der Waals surface area contributed by atoms with Crippen molar-refractivity contribution in [1.82, 2.24) is 10.2 Å². The van der Waals surface area contributed by atoms with E-state index in [4.69, 9.17) is 16.3 Å². The Hall–Kier alpha value is -3.92. The molecule has 2 heterocycles. The maximum atomic E-state index is 13.4. The Morgan fingerprint density at radius 1 is 1.07 bits per heavy atom. The first-order valence-electron chi connectivity index (χ1n) is 12.4. The van der Waals surface area contributed by atoms with E-state index in [9.17, 15) is 14.7 Å². The van der Waals surface area contributed by atoms with Gasteiger partial charge in [0.25, 0.3) is 5.91 Å². The normalized spacial score (nSPS) is 15.3. The molecular formula is C30H24ClN3O4S2. The van der Waals surface area contributed by atoms with Gasteiger partial charge in [-0.2, -0.15) is 0 Å². The van der Waals surface area contributed by atoms with E-state index < -0.39 is 23.5 Å². The zero-order chi connectivity index (χ0) is 28.1. The molecule has 1 aromatic heterocycles. The molecule has 0 aliphatic carbocycles. The minimum atomic E-state index is -0.891. The molecule has 1 N–H and O–H groups in total. The number of aliphatic hydroxyl groups is 1. The minimum Gasteiger partial charge on any atom is -0.503 e. The van der Waals surface area contributed by atoms with Crippen molar-refractivity contribution >= 4 is 57.6 Å². The molecule has 0 saturated carbocycles.